The van der Waals surface area contributed by atoms with Gasteiger partial charge >= 0.3 is 0 Å². The molecule has 3 aromatic carbocycles. The van der Waals surface area contributed by atoms with Crippen LogP contribution in [0.2, 0.25) is 0 Å². The van der Waals surface area contributed by atoms with E-state index in [1.54, 1.807) is 12.1 Å². The Morgan fingerprint density at radius 3 is 2.00 bits per heavy atom. The van der Waals surface area contributed by atoms with Crippen molar-refractivity contribution < 1.29 is 9.59 Å². The number of hydrazone groups is 1. The minimum Gasteiger partial charge on any atom is -0.271 e. The molecule has 6 heteroatoms. The lowest BCUT2D eigenvalue weighted by Crippen LogP contribution is -2.42. The smallest absolute Gasteiger partial charge is 0.261 e. The van der Waals surface area contributed by atoms with Gasteiger partial charge in [0.2, 0.25) is 0 Å². The van der Waals surface area contributed by atoms with Crippen LogP contribution in [0.5, 0.6) is 0 Å². The van der Waals surface area contributed by atoms with E-state index in [-0.39, 0.29) is 17.9 Å². The van der Waals surface area contributed by atoms with Gasteiger partial charge in [-0.2, -0.15) is 5.10 Å². The van der Waals surface area contributed by atoms with Crippen molar-refractivity contribution in [2.75, 3.05) is 5.01 Å². The van der Waals surface area contributed by atoms with Gasteiger partial charge in [-0.25, -0.2) is 0 Å². The second-order valence-electron chi connectivity index (χ2n) is 8.44. The van der Waals surface area contributed by atoms with Gasteiger partial charge in [-0.05, 0) is 90.2 Å². The molecule has 0 atom stereocenters. The van der Waals surface area contributed by atoms with E-state index in [2.05, 4.69) is 64.0 Å². The third kappa shape index (κ3) is 4.57. The summed E-state index contributed by atoms with van der Waals surface area (Å²) in [5.74, 6) is -0.323. The third-order valence-electron chi connectivity index (χ3n) is 6.28. The molecule has 2 aliphatic rings. The highest BCUT2D eigenvalue weighted by Crippen LogP contribution is 2.31. The molecule has 0 unspecified atom stereocenters. The van der Waals surface area contributed by atoms with Crippen LogP contribution < -0.4 is 5.01 Å². The summed E-state index contributed by atoms with van der Waals surface area (Å²) in [6, 6.07) is 25.7. The fourth-order valence-electron chi connectivity index (χ4n) is 4.55. The van der Waals surface area contributed by atoms with Crippen molar-refractivity contribution in [3.05, 3.63) is 99.1 Å². The number of carbonyl (C=O) groups excluding carboxylic acids is 2. The van der Waals surface area contributed by atoms with Gasteiger partial charge in [-0.15, -0.1) is 0 Å². The Labute approximate surface area is 207 Å². The van der Waals surface area contributed by atoms with Gasteiger partial charge in [0.05, 0.1) is 23.4 Å². The number of anilines is 1. The molecule has 1 aliphatic heterocycles. The first kappa shape index (κ1) is 21.8. The summed E-state index contributed by atoms with van der Waals surface area (Å²) >= 11 is 2.31. The molecule has 0 aromatic heterocycles. The van der Waals surface area contributed by atoms with E-state index in [0.717, 1.165) is 37.1 Å². The van der Waals surface area contributed by atoms with Crippen LogP contribution in [0, 0.1) is 3.57 Å². The molecule has 1 aliphatic carbocycles. The number of benzene rings is 3. The van der Waals surface area contributed by atoms with Crippen molar-refractivity contribution >= 4 is 45.8 Å². The highest BCUT2D eigenvalue weighted by molar-refractivity contribution is 14.1. The molecule has 33 heavy (non-hydrogen) atoms. The van der Waals surface area contributed by atoms with Crippen LogP contribution in [-0.2, 0) is 6.54 Å². The van der Waals surface area contributed by atoms with Gasteiger partial charge in [0, 0.05) is 15.3 Å². The summed E-state index contributed by atoms with van der Waals surface area (Å²) in [6.45, 7) is 0.687. The lowest BCUT2D eigenvalue weighted by atomic mass is 9.92. The van der Waals surface area contributed by atoms with E-state index < -0.39 is 0 Å². The van der Waals surface area contributed by atoms with Crippen molar-refractivity contribution in [1.82, 2.24) is 4.90 Å². The second kappa shape index (κ2) is 9.47. The molecule has 2 amide bonds. The summed E-state index contributed by atoms with van der Waals surface area (Å²) in [5.41, 5.74) is 4.40. The predicted molar refractivity (Wildman–Crippen MR) is 138 cm³/mol. The maximum Gasteiger partial charge on any atom is 0.261 e. The first-order valence-corrected chi connectivity index (χ1v) is 12.3. The van der Waals surface area contributed by atoms with Gasteiger partial charge in [0.1, 0.15) is 0 Å². The topological polar surface area (TPSA) is 53.0 Å². The number of hydrogen-bond donors (Lipinski definition) is 0. The summed E-state index contributed by atoms with van der Waals surface area (Å²) < 4.78 is 1.21. The Hall–Kier alpha value is -3.00. The minimum atomic E-state index is -0.161. The number of imide groups is 1. The van der Waals surface area contributed by atoms with Crippen LogP contribution in [0.15, 0.2) is 84.0 Å². The number of para-hydroxylation sites is 1. The maximum absolute atomic E-state index is 12.8. The van der Waals surface area contributed by atoms with Crippen molar-refractivity contribution in [3.8, 4) is 0 Å². The first-order valence-electron chi connectivity index (χ1n) is 11.2. The molecular weight excluding hydrogens is 525 g/mol. The molecule has 1 saturated carbocycles. The molecule has 0 bridgehead atoms. The number of halogens is 1. The van der Waals surface area contributed by atoms with Crippen LogP contribution >= 0.6 is 22.6 Å². The van der Waals surface area contributed by atoms with E-state index in [4.69, 9.17) is 5.10 Å². The number of fused-ring (bicyclic) bond motifs is 1. The normalized spacial score (nSPS) is 17.8. The molecule has 1 heterocycles. The van der Waals surface area contributed by atoms with E-state index in [1.165, 1.54) is 14.0 Å². The number of amides is 2. The molecule has 0 spiro atoms. The van der Waals surface area contributed by atoms with E-state index in [9.17, 15) is 9.59 Å². The number of carbonyl (C=O) groups is 2. The fourth-order valence-corrected chi connectivity index (χ4v) is 4.91. The van der Waals surface area contributed by atoms with Crippen molar-refractivity contribution in [3.63, 3.8) is 0 Å². The SMILES string of the molecule is O=C1c2ccccc2C(=O)N1C1CCC(=NN(Cc2ccc(I)cc2)c2ccccc2)CC1. The van der Waals surface area contributed by atoms with Gasteiger partial charge in [0.25, 0.3) is 11.8 Å². The zero-order valence-corrected chi connectivity index (χ0v) is 20.3. The average Bonchev–Trinajstić information content (AvgIpc) is 3.11. The van der Waals surface area contributed by atoms with Crippen LogP contribution in [0.1, 0.15) is 52.0 Å². The van der Waals surface area contributed by atoms with Gasteiger partial charge in [0.15, 0.2) is 0 Å². The third-order valence-corrected chi connectivity index (χ3v) is 7.00. The Balaban J connectivity index is 1.31. The summed E-state index contributed by atoms with van der Waals surface area (Å²) in [5, 5.41) is 7.08. The molecule has 1 fully saturated rings. The summed E-state index contributed by atoms with van der Waals surface area (Å²) in [4.78, 5) is 27.2. The Morgan fingerprint density at radius 2 is 1.39 bits per heavy atom. The van der Waals surface area contributed by atoms with Crippen molar-refractivity contribution in [1.29, 1.82) is 0 Å². The molecule has 0 N–H and O–H groups in total. The average molecular weight is 549 g/mol. The zero-order valence-electron chi connectivity index (χ0n) is 18.2. The molecule has 0 saturated heterocycles. The quantitative estimate of drug-likeness (QED) is 0.227. The van der Waals surface area contributed by atoms with Gasteiger partial charge in [-0.3, -0.25) is 19.5 Å². The largest absolute Gasteiger partial charge is 0.271 e. The van der Waals surface area contributed by atoms with Crippen molar-refractivity contribution in [2.24, 2.45) is 5.10 Å². The number of hydrogen-bond acceptors (Lipinski definition) is 4. The lowest BCUT2D eigenvalue weighted by molar-refractivity contribution is 0.0565. The fraction of sp³-hybridized carbons (Fsp3) is 0.222. The molecule has 5 rings (SSSR count). The molecule has 5 nitrogen and oxygen atoms in total. The standard InChI is InChI=1S/C27H24IN3O2/c28-20-12-10-19(11-13-20)18-30(22-6-2-1-3-7-22)29-21-14-16-23(17-15-21)31-26(32)24-8-4-5-9-25(24)27(31)33/h1-13,23H,14-18H2. The summed E-state index contributed by atoms with van der Waals surface area (Å²) in [6.07, 6.45) is 3.04. The Morgan fingerprint density at radius 1 is 0.818 bits per heavy atom. The number of nitrogens with zero attached hydrogens (tertiary/aromatic N) is 3. The van der Waals surface area contributed by atoms with Crippen molar-refractivity contribution in [2.45, 2.75) is 38.3 Å². The predicted octanol–water partition coefficient (Wildman–Crippen LogP) is 5.89. The van der Waals surface area contributed by atoms with Crippen LogP contribution in [0.3, 0.4) is 0 Å². The van der Waals surface area contributed by atoms with Gasteiger partial charge < -0.3 is 0 Å². The number of rotatable bonds is 5. The Kier molecular flexibility index (Phi) is 6.26. The molecule has 3 aromatic rings. The zero-order chi connectivity index (χ0) is 22.8. The van der Waals surface area contributed by atoms with Crippen LogP contribution in [0.4, 0.5) is 5.69 Å². The minimum absolute atomic E-state index is 0.0716. The van der Waals surface area contributed by atoms with E-state index >= 15 is 0 Å². The monoisotopic (exact) mass is 549 g/mol. The molecule has 166 valence electrons. The Bertz CT molecular complexity index is 1160. The first-order chi connectivity index (χ1) is 16.1. The van der Waals surface area contributed by atoms with E-state index in [1.807, 2.05) is 30.3 Å². The molecule has 0 radical (unpaired) electrons. The lowest BCUT2D eigenvalue weighted by Gasteiger charge is -2.31. The van der Waals surface area contributed by atoms with Crippen LogP contribution in [0.25, 0.3) is 0 Å². The van der Waals surface area contributed by atoms with E-state index in [0.29, 0.717) is 17.7 Å². The maximum atomic E-state index is 12.8. The van der Waals surface area contributed by atoms with Gasteiger partial charge in [-0.1, -0.05) is 42.5 Å². The summed E-state index contributed by atoms with van der Waals surface area (Å²) in [7, 11) is 0. The molecular formula is C27H24IN3O2. The van der Waals surface area contributed by atoms with Crippen LogP contribution in [-0.4, -0.2) is 28.5 Å². The highest BCUT2D eigenvalue weighted by Gasteiger charge is 2.40. The highest BCUT2D eigenvalue weighted by atomic mass is 127. The second-order valence-corrected chi connectivity index (χ2v) is 9.69.